The summed E-state index contributed by atoms with van der Waals surface area (Å²) in [5, 5.41) is 11.6. The van der Waals surface area contributed by atoms with E-state index in [4.69, 9.17) is 10.8 Å². The number of alkyl halides is 3. The summed E-state index contributed by atoms with van der Waals surface area (Å²) in [7, 11) is 0. The smallest absolute Gasteiger partial charge is 0.383 e. The number of amides is 1. The SMILES string of the molecule is Nc1ncnc2c1c(-c1ccc(NC(=O)c3ccc(C(F)(F)F)cc3)cc1)nn2[C@@H]1CCCNC1. The van der Waals surface area contributed by atoms with Crippen LogP contribution in [0.3, 0.4) is 0 Å². The number of fused-ring (bicyclic) bond motifs is 1. The van der Waals surface area contributed by atoms with Gasteiger partial charge in [-0.25, -0.2) is 14.6 Å². The lowest BCUT2D eigenvalue weighted by Gasteiger charge is -2.23. The van der Waals surface area contributed by atoms with Crippen molar-refractivity contribution in [3.05, 3.63) is 66.0 Å². The molecule has 11 heteroatoms. The highest BCUT2D eigenvalue weighted by Gasteiger charge is 2.30. The Morgan fingerprint density at radius 1 is 1.09 bits per heavy atom. The molecule has 0 radical (unpaired) electrons. The van der Waals surface area contributed by atoms with Gasteiger partial charge in [0, 0.05) is 23.4 Å². The molecule has 0 spiro atoms. The summed E-state index contributed by atoms with van der Waals surface area (Å²) in [4.78, 5) is 21.0. The third-order valence-electron chi connectivity index (χ3n) is 6.03. The van der Waals surface area contributed by atoms with E-state index in [9.17, 15) is 18.0 Å². The average Bonchev–Trinajstić information content (AvgIpc) is 3.26. The predicted octanol–water partition coefficient (Wildman–Crippen LogP) is 4.27. The van der Waals surface area contributed by atoms with E-state index in [-0.39, 0.29) is 11.6 Å². The minimum atomic E-state index is -4.45. The third kappa shape index (κ3) is 4.54. The Morgan fingerprint density at radius 3 is 2.49 bits per heavy atom. The normalized spacial score (nSPS) is 16.4. The van der Waals surface area contributed by atoms with Gasteiger partial charge in [0.1, 0.15) is 17.8 Å². The predicted molar refractivity (Wildman–Crippen MR) is 126 cm³/mol. The zero-order valence-electron chi connectivity index (χ0n) is 18.5. The summed E-state index contributed by atoms with van der Waals surface area (Å²) in [6, 6.07) is 11.2. The lowest BCUT2D eigenvalue weighted by atomic mass is 10.1. The van der Waals surface area contributed by atoms with Crippen LogP contribution in [0.2, 0.25) is 0 Å². The fourth-order valence-electron chi connectivity index (χ4n) is 4.22. The molecule has 0 bridgehead atoms. The van der Waals surface area contributed by atoms with Crippen LogP contribution in [-0.2, 0) is 6.18 Å². The molecule has 180 valence electrons. The van der Waals surface area contributed by atoms with Crippen molar-refractivity contribution >= 4 is 28.4 Å². The van der Waals surface area contributed by atoms with E-state index in [0.717, 1.165) is 55.8 Å². The first-order chi connectivity index (χ1) is 16.8. The van der Waals surface area contributed by atoms with Crippen LogP contribution in [0.5, 0.6) is 0 Å². The van der Waals surface area contributed by atoms with Crippen molar-refractivity contribution in [3.8, 4) is 11.3 Å². The Kier molecular flexibility index (Phi) is 5.85. The number of nitrogens with one attached hydrogen (secondary N) is 2. The van der Waals surface area contributed by atoms with E-state index in [1.165, 1.54) is 6.33 Å². The number of anilines is 2. The standard InChI is InChI=1S/C24H22F3N7O/c25-24(26,27)16-7-3-15(4-8-16)23(35)32-17-9-5-14(6-10-17)20-19-21(28)30-13-31-22(19)34(33-20)18-2-1-11-29-12-18/h3-10,13,18,29H,1-2,11-12H2,(H,32,35)(H2,28,30,31)/t18-/m1/s1. The van der Waals surface area contributed by atoms with E-state index < -0.39 is 17.6 Å². The van der Waals surface area contributed by atoms with E-state index in [2.05, 4.69) is 20.6 Å². The molecule has 0 aliphatic carbocycles. The number of hydrogen-bond donors (Lipinski definition) is 3. The summed E-state index contributed by atoms with van der Waals surface area (Å²) >= 11 is 0. The second-order valence-corrected chi connectivity index (χ2v) is 8.36. The topological polar surface area (TPSA) is 111 Å². The zero-order chi connectivity index (χ0) is 24.6. The maximum absolute atomic E-state index is 12.7. The van der Waals surface area contributed by atoms with Crippen LogP contribution in [0.15, 0.2) is 54.9 Å². The quantitative estimate of drug-likeness (QED) is 0.402. The number of nitrogens with two attached hydrogens (primary N) is 1. The minimum Gasteiger partial charge on any atom is -0.383 e. The first kappa shape index (κ1) is 22.8. The summed E-state index contributed by atoms with van der Waals surface area (Å²) in [6.45, 7) is 1.76. The molecule has 35 heavy (non-hydrogen) atoms. The van der Waals surface area contributed by atoms with Gasteiger partial charge in [-0.2, -0.15) is 18.3 Å². The number of hydrogen-bond acceptors (Lipinski definition) is 6. The number of piperidine rings is 1. The lowest BCUT2D eigenvalue weighted by Crippen LogP contribution is -2.32. The highest BCUT2D eigenvalue weighted by Crippen LogP contribution is 2.33. The van der Waals surface area contributed by atoms with Crippen molar-refractivity contribution in [2.75, 3.05) is 24.1 Å². The first-order valence-corrected chi connectivity index (χ1v) is 11.1. The summed E-state index contributed by atoms with van der Waals surface area (Å²) in [5.41, 5.74) is 8.07. The van der Waals surface area contributed by atoms with Crippen LogP contribution in [0.4, 0.5) is 24.7 Å². The van der Waals surface area contributed by atoms with Gasteiger partial charge in [0.25, 0.3) is 5.91 Å². The number of halogens is 3. The molecular weight excluding hydrogens is 459 g/mol. The van der Waals surface area contributed by atoms with Crippen molar-refractivity contribution in [3.63, 3.8) is 0 Å². The molecule has 1 aliphatic heterocycles. The zero-order valence-corrected chi connectivity index (χ0v) is 18.5. The van der Waals surface area contributed by atoms with Gasteiger partial charge in [0.2, 0.25) is 0 Å². The number of aromatic nitrogens is 4. The van der Waals surface area contributed by atoms with Gasteiger partial charge < -0.3 is 16.4 Å². The molecule has 2 aromatic heterocycles. The molecule has 4 aromatic rings. The molecule has 0 unspecified atom stereocenters. The van der Waals surface area contributed by atoms with Crippen molar-refractivity contribution in [1.82, 2.24) is 25.1 Å². The maximum Gasteiger partial charge on any atom is 0.416 e. The third-order valence-corrected chi connectivity index (χ3v) is 6.03. The van der Waals surface area contributed by atoms with Crippen molar-refractivity contribution < 1.29 is 18.0 Å². The van der Waals surface area contributed by atoms with Crippen LogP contribution in [0, 0.1) is 0 Å². The molecule has 3 heterocycles. The van der Waals surface area contributed by atoms with Gasteiger partial charge in [-0.3, -0.25) is 4.79 Å². The summed E-state index contributed by atoms with van der Waals surface area (Å²) < 4.78 is 40.1. The minimum absolute atomic E-state index is 0.123. The van der Waals surface area contributed by atoms with E-state index in [1.807, 2.05) is 4.68 Å². The Balaban J connectivity index is 1.40. The van der Waals surface area contributed by atoms with Crippen molar-refractivity contribution in [2.24, 2.45) is 0 Å². The average molecular weight is 481 g/mol. The van der Waals surface area contributed by atoms with Gasteiger partial charge in [0.05, 0.1) is 17.0 Å². The molecule has 0 saturated carbocycles. The highest BCUT2D eigenvalue weighted by atomic mass is 19.4. The van der Waals surface area contributed by atoms with Crippen LogP contribution in [-0.4, -0.2) is 38.7 Å². The van der Waals surface area contributed by atoms with Gasteiger partial charge in [0.15, 0.2) is 5.65 Å². The molecule has 4 N–H and O–H groups in total. The summed E-state index contributed by atoms with van der Waals surface area (Å²) in [5.74, 6) is -0.177. The molecule has 1 amide bonds. The van der Waals surface area contributed by atoms with Crippen LogP contribution in [0.25, 0.3) is 22.3 Å². The second kappa shape index (κ2) is 8.99. The van der Waals surface area contributed by atoms with Gasteiger partial charge in [-0.1, -0.05) is 12.1 Å². The second-order valence-electron chi connectivity index (χ2n) is 8.36. The Labute approximate surface area is 198 Å². The van der Waals surface area contributed by atoms with E-state index in [1.54, 1.807) is 24.3 Å². The molecule has 1 aliphatic rings. The molecule has 2 aromatic carbocycles. The van der Waals surface area contributed by atoms with E-state index >= 15 is 0 Å². The molecular formula is C24H22F3N7O. The molecule has 5 rings (SSSR count). The number of carbonyl (C=O) groups excluding carboxylic acids is 1. The van der Waals surface area contributed by atoms with Gasteiger partial charge in [-0.05, 0) is 55.8 Å². The maximum atomic E-state index is 12.7. The van der Waals surface area contributed by atoms with Crippen molar-refractivity contribution in [2.45, 2.75) is 25.1 Å². The fourth-order valence-corrected chi connectivity index (χ4v) is 4.22. The molecule has 8 nitrogen and oxygen atoms in total. The fraction of sp³-hybridized carbons (Fsp3) is 0.250. The Morgan fingerprint density at radius 2 is 1.83 bits per heavy atom. The Bertz CT molecular complexity index is 1360. The number of carbonyl (C=O) groups is 1. The van der Waals surface area contributed by atoms with Gasteiger partial charge >= 0.3 is 6.18 Å². The molecule has 1 atom stereocenters. The monoisotopic (exact) mass is 481 g/mol. The van der Waals surface area contributed by atoms with Gasteiger partial charge in [-0.15, -0.1) is 0 Å². The van der Waals surface area contributed by atoms with Crippen LogP contribution >= 0.6 is 0 Å². The number of rotatable bonds is 4. The number of benzene rings is 2. The highest BCUT2D eigenvalue weighted by molar-refractivity contribution is 6.04. The number of nitrogen functional groups attached to an aromatic ring is 1. The largest absolute Gasteiger partial charge is 0.416 e. The molecule has 1 saturated heterocycles. The van der Waals surface area contributed by atoms with Crippen molar-refractivity contribution in [1.29, 1.82) is 0 Å². The lowest BCUT2D eigenvalue weighted by molar-refractivity contribution is -0.137. The van der Waals surface area contributed by atoms with E-state index in [0.29, 0.717) is 28.2 Å². The summed E-state index contributed by atoms with van der Waals surface area (Å²) in [6.07, 6.45) is -1.02. The Hall–Kier alpha value is -3.99. The first-order valence-electron chi connectivity index (χ1n) is 11.1. The number of nitrogens with zero attached hydrogens (tertiary/aromatic N) is 4. The van der Waals surface area contributed by atoms with Crippen LogP contribution in [0.1, 0.15) is 34.8 Å². The van der Waals surface area contributed by atoms with Crippen LogP contribution < -0.4 is 16.4 Å². The molecule has 1 fully saturated rings.